The summed E-state index contributed by atoms with van der Waals surface area (Å²) in [5.41, 5.74) is 2.10. The van der Waals surface area contributed by atoms with Gasteiger partial charge in [0.25, 0.3) is 0 Å². The van der Waals surface area contributed by atoms with Gasteiger partial charge in [-0.2, -0.15) is 0 Å². The topological polar surface area (TPSA) is 43.6 Å². The van der Waals surface area contributed by atoms with E-state index < -0.39 is 0 Å². The van der Waals surface area contributed by atoms with Crippen LogP contribution in [-0.4, -0.2) is 13.2 Å². The fourth-order valence-electron chi connectivity index (χ4n) is 2.65. The van der Waals surface area contributed by atoms with Crippen LogP contribution in [0.15, 0.2) is 41.2 Å². The number of benzene rings is 1. The molecule has 4 nitrogen and oxygen atoms in total. The number of hydrogen-bond donors (Lipinski definition) is 1. The Hall–Kier alpha value is -2.10. The van der Waals surface area contributed by atoms with E-state index in [1.165, 1.54) is 12.8 Å². The Balaban J connectivity index is 1.73. The summed E-state index contributed by atoms with van der Waals surface area (Å²) in [7, 11) is 1.67. The van der Waals surface area contributed by atoms with Crippen LogP contribution in [0.3, 0.4) is 0 Å². The van der Waals surface area contributed by atoms with Crippen molar-refractivity contribution in [3.8, 4) is 11.5 Å². The van der Waals surface area contributed by atoms with Crippen LogP contribution in [0.4, 0.5) is 5.69 Å². The van der Waals surface area contributed by atoms with Crippen LogP contribution in [0.1, 0.15) is 31.2 Å². The zero-order valence-corrected chi connectivity index (χ0v) is 12.3. The van der Waals surface area contributed by atoms with Gasteiger partial charge in [-0.1, -0.05) is 0 Å². The summed E-state index contributed by atoms with van der Waals surface area (Å²) in [6.07, 6.45) is 8.54. The number of furan rings is 1. The highest BCUT2D eigenvalue weighted by Gasteiger charge is 2.18. The highest BCUT2D eigenvalue weighted by Crippen LogP contribution is 2.33. The largest absolute Gasteiger partial charge is 0.497 e. The number of nitrogens with one attached hydrogen (secondary N) is 1. The molecule has 0 radical (unpaired) electrons. The highest BCUT2D eigenvalue weighted by molar-refractivity contribution is 5.59. The van der Waals surface area contributed by atoms with Gasteiger partial charge in [-0.15, -0.1) is 0 Å². The second-order valence-corrected chi connectivity index (χ2v) is 5.37. The van der Waals surface area contributed by atoms with Crippen molar-refractivity contribution in [3.63, 3.8) is 0 Å². The van der Waals surface area contributed by atoms with E-state index in [0.717, 1.165) is 35.6 Å². The molecule has 0 bridgehead atoms. The average Bonchev–Trinajstić information content (AvgIpc) is 3.19. The first-order valence-electron chi connectivity index (χ1n) is 7.45. The summed E-state index contributed by atoms with van der Waals surface area (Å²) in [6.45, 7) is 0.712. The summed E-state index contributed by atoms with van der Waals surface area (Å²) in [4.78, 5) is 0. The van der Waals surface area contributed by atoms with E-state index in [2.05, 4.69) is 5.32 Å². The van der Waals surface area contributed by atoms with E-state index >= 15 is 0 Å². The maximum atomic E-state index is 6.15. The van der Waals surface area contributed by atoms with Crippen LogP contribution >= 0.6 is 0 Å². The van der Waals surface area contributed by atoms with E-state index in [9.17, 15) is 0 Å². The zero-order chi connectivity index (χ0) is 14.5. The standard InChI is InChI=1S/C17H21NO3/c1-19-15-6-7-16(18-11-13-8-9-20-12-13)17(10-15)21-14-4-2-3-5-14/h6-10,12,14,18H,2-5,11H2,1H3. The molecule has 2 aromatic rings. The van der Waals surface area contributed by atoms with Gasteiger partial charge >= 0.3 is 0 Å². The van der Waals surface area contributed by atoms with Crippen molar-refractivity contribution in [2.24, 2.45) is 0 Å². The molecule has 112 valence electrons. The zero-order valence-electron chi connectivity index (χ0n) is 12.3. The van der Waals surface area contributed by atoms with Gasteiger partial charge in [-0.3, -0.25) is 0 Å². The highest BCUT2D eigenvalue weighted by atomic mass is 16.5. The Morgan fingerprint density at radius 1 is 1.24 bits per heavy atom. The summed E-state index contributed by atoms with van der Waals surface area (Å²) in [5, 5.41) is 3.40. The Morgan fingerprint density at radius 3 is 2.81 bits per heavy atom. The molecule has 1 fully saturated rings. The van der Waals surface area contributed by atoms with Gasteiger partial charge in [-0.05, 0) is 43.9 Å². The van der Waals surface area contributed by atoms with Gasteiger partial charge in [0.05, 0.1) is 31.4 Å². The molecule has 4 heteroatoms. The van der Waals surface area contributed by atoms with Crippen molar-refractivity contribution in [2.75, 3.05) is 12.4 Å². The monoisotopic (exact) mass is 287 g/mol. The average molecular weight is 287 g/mol. The lowest BCUT2D eigenvalue weighted by atomic mass is 10.2. The summed E-state index contributed by atoms with van der Waals surface area (Å²) < 4.78 is 16.5. The van der Waals surface area contributed by atoms with Crippen molar-refractivity contribution in [1.29, 1.82) is 0 Å². The van der Waals surface area contributed by atoms with Crippen molar-refractivity contribution in [3.05, 3.63) is 42.4 Å². The third-order valence-corrected chi connectivity index (χ3v) is 3.85. The molecule has 0 amide bonds. The molecule has 1 saturated carbocycles. The Labute approximate surface area is 125 Å². The molecule has 3 rings (SSSR count). The third-order valence-electron chi connectivity index (χ3n) is 3.85. The second kappa shape index (κ2) is 6.57. The molecule has 1 aliphatic carbocycles. The normalized spacial score (nSPS) is 15.1. The predicted octanol–water partition coefficient (Wildman–Crippen LogP) is 4.22. The Morgan fingerprint density at radius 2 is 2.10 bits per heavy atom. The fraction of sp³-hybridized carbons (Fsp3) is 0.412. The van der Waals surface area contributed by atoms with Crippen molar-refractivity contribution in [2.45, 2.75) is 38.3 Å². The molecule has 1 aromatic carbocycles. The number of hydrogen-bond acceptors (Lipinski definition) is 4. The van der Waals surface area contributed by atoms with E-state index in [0.29, 0.717) is 12.6 Å². The van der Waals surface area contributed by atoms with Crippen LogP contribution in [0.5, 0.6) is 11.5 Å². The first-order chi connectivity index (χ1) is 10.3. The molecular formula is C17H21NO3. The molecule has 1 heterocycles. The fourth-order valence-corrected chi connectivity index (χ4v) is 2.65. The summed E-state index contributed by atoms with van der Waals surface area (Å²) >= 11 is 0. The minimum atomic E-state index is 0.326. The number of methoxy groups -OCH3 is 1. The first kappa shape index (κ1) is 13.9. The van der Waals surface area contributed by atoms with Gasteiger partial charge < -0.3 is 19.2 Å². The van der Waals surface area contributed by atoms with Crippen molar-refractivity contribution < 1.29 is 13.9 Å². The smallest absolute Gasteiger partial charge is 0.146 e. The Kier molecular flexibility index (Phi) is 4.34. The van der Waals surface area contributed by atoms with Crippen LogP contribution in [-0.2, 0) is 6.54 Å². The third kappa shape index (κ3) is 3.51. The molecule has 0 spiro atoms. The van der Waals surface area contributed by atoms with Gasteiger partial charge in [0.2, 0.25) is 0 Å². The number of ether oxygens (including phenoxy) is 2. The molecule has 1 aliphatic rings. The van der Waals surface area contributed by atoms with Crippen LogP contribution in [0.2, 0.25) is 0 Å². The number of rotatable bonds is 6. The molecule has 21 heavy (non-hydrogen) atoms. The lowest BCUT2D eigenvalue weighted by Crippen LogP contribution is -2.12. The molecule has 1 aromatic heterocycles. The van der Waals surface area contributed by atoms with Gasteiger partial charge in [0.1, 0.15) is 11.5 Å². The van der Waals surface area contributed by atoms with E-state index in [-0.39, 0.29) is 0 Å². The quantitative estimate of drug-likeness (QED) is 0.863. The molecular weight excluding hydrogens is 266 g/mol. The maximum absolute atomic E-state index is 6.15. The van der Waals surface area contributed by atoms with E-state index in [1.807, 2.05) is 24.3 Å². The lowest BCUT2D eigenvalue weighted by molar-refractivity contribution is 0.210. The summed E-state index contributed by atoms with van der Waals surface area (Å²) in [6, 6.07) is 7.85. The van der Waals surface area contributed by atoms with Crippen LogP contribution in [0.25, 0.3) is 0 Å². The molecule has 0 atom stereocenters. The van der Waals surface area contributed by atoms with Gasteiger partial charge in [0.15, 0.2) is 0 Å². The Bertz CT molecular complexity index is 559. The van der Waals surface area contributed by atoms with Crippen LogP contribution < -0.4 is 14.8 Å². The van der Waals surface area contributed by atoms with Gasteiger partial charge in [-0.25, -0.2) is 0 Å². The molecule has 0 unspecified atom stereocenters. The maximum Gasteiger partial charge on any atom is 0.146 e. The van der Waals surface area contributed by atoms with E-state index in [4.69, 9.17) is 13.9 Å². The van der Waals surface area contributed by atoms with Gasteiger partial charge in [0, 0.05) is 18.2 Å². The first-order valence-corrected chi connectivity index (χ1v) is 7.45. The minimum Gasteiger partial charge on any atom is -0.497 e. The van der Waals surface area contributed by atoms with Crippen molar-refractivity contribution in [1.82, 2.24) is 0 Å². The van der Waals surface area contributed by atoms with Crippen LogP contribution in [0, 0.1) is 0 Å². The number of anilines is 1. The van der Waals surface area contributed by atoms with Crippen molar-refractivity contribution >= 4 is 5.69 Å². The van der Waals surface area contributed by atoms with E-state index in [1.54, 1.807) is 19.6 Å². The predicted molar refractivity (Wildman–Crippen MR) is 81.9 cm³/mol. The lowest BCUT2D eigenvalue weighted by Gasteiger charge is -2.18. The SMILES string of the molecule is COc1ccc(NCc2ccoc2)c(OC2CCCC2)c1. The molecule has 0 saturated heterocycles. The minimum absolute atomic E-state index is 0.326. The molecule has 0 aliphatic heterocycles. The second-order valence-electron chi connectivity index (χ2n) is 5.37. The molecule has 1 N–H and O–H groups in total. The summed E-state index contributed by atoms with van der Waals surface area (Å²) in [5.74, 6) is 1.68.